The monoisotopic (exact) mass is 280 g/mol. The molecule has 2 atom stereocenters. The lowest BCUT2D eigenvalue weighted by molar-refractivity contribution is -0.122. The summed E-state index contributed by atoms with van der Waals surface area (Å²) in [7, 11) is 2.09. The molecule has 2 unspecified atom stereocenters. The highest BCUT2D eigenvalue weighted by atomic mass is 35.5. The van der Waals surface area contributed by atoms with Crippen molar-refractivity contribution in [1.29, 1.82) is 0 Å². The topological polar surface area (TPSA) is 23.6 Å². The number of carbonyl (C=O) groups excluding carboxylic acids is 1. The maximum absolute atomic E-state index is 12.3. The van der Waals surface area contributed by atoms with Crippen LogP contribution in [0.25, 0.3) is 0 Å². The van der Waals surface area contributed by atoms with E-state index >= 15 is 0 Å². The average molecular weight is 281 g/mol. The van der Waals surface area contributed by atoms with Crippen molar-refractivity contribution >= 4 is 16.8 Å². The van der Waals surface area contributed by atoms with Crippen LogP contribution in [-0.2, 0) is 4.79 Å². The van der Waals surface area contributed by atoms with E-state index in [1.165, 1.54) is 18.4 Å². The van der Waals surface area contributed by atoms with Crippen molar-refractivity contribution in [3.05, 3.63) is 23.8 Å². The normalized spacial score (nSPS) is 36.1. The zero-order valence-electron chi connectivity index (χ0n) is 11.4. The zero-order valence-corrected chi connectivity index (χ0v) is 12.2. The summed E-state index contributed by atoms with van der Waals surface area (Å²) in [5.41, 5.74) is 0.814. The Labute approximate surface area is 119 Å². The van der Waals surface area contributed by atoms with Crippen LogP contribution in [0.1, 0.15) is 25.7 Å². The Kier molecular flexibility index (Phi) is 3.54. The fraction of sp³-hybridized carbons (Fsp3) is 0.667. The van der Waals surface area contributed by atoms with Gasteiger partial charge in [-0.2, -0.15) is 0 Å². The van der Waals surface area contributed by atoms with Crippen LogP contribution in [0.15, 0.2) is 23.8 Å². The lowest BCUT2D eigenvalue weighted by Crippen LogP contribution is -2.58. The first-order valence-corrected chi connectivity index (χ1v) is 7.54. The Morgan fingerprint density at radius 3 is 2.95 bits per heavy atom. The third-order valence-corrected chi connectivity index (χ3v) is 5.15. The van der Waals surface area contributed by atoms with Crippen molar-refractivity contribution < 1.29 is 4.79 Å². The second kappa shape index (κ2) is 5.04. The van der Waals surface area contributed by atoms with Crippen molar-refractivity contribution in [3.8, 4) is 0 Å². The third-order valence-electron chi connectivity index (χ3n) is 4.85. The molecule has 104 valence electrons. The van der Waals surface area contributed by atoms with E-state index in [2.05, 4.69) is 22.9 Å². The van der Waals surface area contributed by atoms with Crippen LogP contribution in [0.3, 0.4) is 0 Å². The van der Waals surface area contributed by atoms with Crippen molar-refractivity contribution in [2.75, 3.05) is 26.8 Å². The van der Waals surface area contributed by atoms with Gasteiger partial charge >= 0.3 is 0 Å². The molecule has 0 aromatic rings. The Hall–Kier alpha value is -0.640. The van der Waals surface area contributed by atoms with E-state index in [0.717, 1.165) is 32.6 Å². The standard InChI is InChI=1S/C15H21ClN2O/c1-17-9-10-18(11-17)15(14(16)19)8-4-6-12-5-2-3-7-13(12)15/h4,6,8,13H,2-3,5,7,9-11H2,1H3. The van der Waals surface area contributed by atoms with Crippen LogP contribution in [0.2, 0.25) is 0 Å². The van der Waals surface area contributed by atoms with Crippen LogP contribution in [0.4, 0.5) is 0 Å². The summed E-state index contributed by atoms with van der Waals surface area (Å²) < 4.78 is 0. The van der Waals surface area contributed by atoms with E-state index in [1.54, 1.807) is 0 Å². The van der Waals surface area contributed by atoms with E-state index in [4.69, 9.17) is 11.6 Å². The zero-order chi connectivity index (χ0) is 13.5. The molecule has 0 radical (unpaired) electrons. The molecule has 3 aliphatic rings. The third kappa shape index (κ3) is 2.08. The van der Waals surface area contributed by atoms with Gasteiger partial charge in [0.15, 0.2) is 0 Å². The minimum Gasteiger partial charge on any atom is -0.292 e. The number of hydrogen-bond donors (Lipinski definition) is 0. The van der Waals surface area contributed by atoms with Crippen LogP contribution in [0.5, 0.6) is 0 Å². The van der Waals surface area contributed by atoms with E-state index in [-0.39, 0.29) is 11.2 Å². The SMILES string of the molecule is CN1CCN(C2(C(=O)Cl)C=CC=C3CCCCC32)C1. The molecule has 2 fully saturated rings. The molecule has 2 aliphatic carbocycles. The quantitative estimate of drug-likeness (QED) is 0.726. The molecule has 0 amide bonds. The van der Waals surface area contributed by atoms with Gasteiger partial charge in [0.1, 0.15) is 5.54 Å². The predicted molar refractivity (Wildman–Crippen MR) is 77.0 cm³/mol. The molecular formula is C15H21ClN2O. The Morgan fingerprint density at radius 2 is 2.26 bits per heavy atom. The fourth-order valence-electron chi connectivity index (χ4n) is 3.85. The van der Waals surface area contributed by atoms with Crippen molar-refractivity contribution in [2.24, 2.45) is 5.92 Å². The van der Waals surface area contributed by atoms with Gasteiger partial charge in [-0.15, -0.1) is 0 Å². The van der Waals surface area contributed by atoms with Gasteiger partial charge in [-0.05, 0) is 37.9 Å². The summed E-state index contributed by atoms with van der Waals surface area (Å²) >= 11 is 6.08. The number of likely N-dealkylation sites (N-methyl/N-ethyl adjacent to an activating group) is 1. The first-order chi connectivity index (χ1) is 9.14. The van der Waals surface area contributed by atoms with Gasteiger partial charge in [0.05, 0.1) is 6.67 Å². The van der Waals surface area contributed by atoms with E-state index < -0.39 is 5.54 Å². The number of hydrogen-bond acceptors (Lipinski definition) is 3. The second-order valence-corrected chi connectivity index (χ2v) is 6.33. The van der Waals surface area contributed by atoms with Gasteiger partial charge < -0.3 is 0 Å². The van der Waals surface area contributed by atoms with Gasteiger partial charge in [-0.3, -0.25) is 14.6 Å². The first kappa shape index (κ1) is 13.3. The van der Waals surface area contributed by atoms with Gasteiger partial charge in [0, 0.05) is 19.0 Å². The van der Waals surface area contributed by atoms with Gasteiger partial charge in [0.2, 0.25) is 5.24 Å². The fourth-order valence-corrected chi connectivity index (χ4v) is 4.17. The summed E-state index contributed by atoms with van der Waals surface area (Å²) in [6.45, 7) is 2.75. The predicted octanol–water partition coefficient (Wildman–Crippen LogP) is 2.38. The molecule has 3 nitrogen and oxygen atoms in total. The molecule has 0 spiro atoms. The Morgan fingerprint density at radius 1 is 1.42 bits per heavy atom. The number of nitrogens with zero attached hydrogens (tertiary/aromatic N) is 2. The van der Waals surface area contributed by atoms with E-state index in [0.29, 0.717) is 0 Å². The molecule has 0 aromatic heterocycles. The van der Waals surface area contributed by atoms with Crippen molar-refractivity contribution in [1.82, 2.24) is 9.80 Å². The molecule has 0 bridgehead atoms. The summed E-state index contributed by atoms with van der Waals surface area (Å²) in [6.07, 6.45) is 10.9. The summed E-state index contributed by atoms with van der Waals surface area (Å²) in [5.74, 6) is 0.280. The molecule has 1 saturated carbocycles. The highest BCUT2D eigenvalue weighted by Crippen LogP contribution is 2.45. The molecule has 1 heterocycles. The molecule has 3 rings (SSSR count). The number of rotatable bonds is 2. The molecule has 0 aromatic carbocycles. The van der Waals surface area contributed by atoms with E-state index in [1.807, 2.05) is 12.2 Å². The van der Waals surface area contributed by atoms with Crippen LogP contribution in [-0.4, -0.2) is 47.4 Å². The molecule has 1 saturated heterocycles. The highest BCUT2D eigenvalue weighted by Gasteiger charge is 2.51. The number of fused-ring (bicyclic) bond motifs is 1. The maximum Gasteiger partial charge on any atom is 0.246 e. The van der Waals surface area contributed by atoms with Crippen molar-refractivity contribution in [2.45, 2.75) is 31.2 Å². The molecular weight excluding hydrogens is 260 g/mol. The molecule has 19 heavy (non-hydrogen) atoms. The van der Waals surface area contributed by atoms with Crippen LogP contribution < -0.4 is 0 Å². The smallest absolute Gasteiger partial charge is 0.246 e. The number of carbonyl (C=O) groups is 1. The Balaban J connectivity index is 1.98. The lowest BCUT2D eigenvalue weighted by atomic mass is 9.69. The lowest BCUT2D eigenvalue weighted by Gasteiger charge is -2.46. The van der Waals surface area contributed by atoms with E-state index in [9.17, 15) is 4.79 Å². The van der Waals surface area contributed by atoms with Crippen molar-refractivity contribution in [3.63, 3.8) is 0 Å². The largest absolute Gasteiger partial charge is 0.292 e. The van der Waals surface area contributed by atoms with Crippen LogP contribution in [0, 0.1) is 5.92 Å². The number of allylic oxidation sites excluding steroid dienone is 2. The molecule has 0 N–H and O–H groups in total. The summed E-state index contributed by atoms with van der Waals surface area (Å²) in [6, 6.07) is 0. The van der Waals surface area contributed by atoms with Gasteiger partial charge in [-0.25, -0.2) is 0 Å². The summed E-state index contributed by atoms with van der Waals surface area (Å²) in [4.78, 5) is 16.8. The molecule has 4 heteroatoms. The highest BCUT2D eigenvalue weighted by molar-refractivity contribution is 6.66. The van der Waals surface area contributed by atoms with Gasteiger partial charge in [0.25, 0.3) is 0 Å². The second-order valence-electron chi connectivity index (χ2n) is 5.98. The first-order valence-electron chi connectivity index (χ1n) is 7.16. The maximum atomic E-state index is 12.3. The summed E-state index contributed by atoms with van der Waals surface area (Å²) in [5, 5.41) is -0.212. The van der Waals surface area contributed by atoms with Crippen LogP contribution >= 0.6 is 11.6 Å². The van der Waals surface area contributed by atoms with Gasteiger partial charge in [-0.1, -0.05) is 30.2 Å². The number of halogens is 1. The molecule has 1 aliphatic heterocycles. The minimum absolute atomic E-state index is 0.212. The average Bonchev–Trinajstić information content (AvgIpc) is 2.84. The minimum atomic E-state index is -0.600. The Bertz CT molecular complexity index is 445.